The molecule has 2 N–H and O–H groups in total. The SMILES string of the molecule is N#Cc1cnc2ccc3c(c2c1Nc1cccc(CO)c1)CCS3(=O)=O. The van der Waals surface area contributed by atoms with Crippen molar-refractivity contribution in [1.82, 2.24) is 4.98 Å². The van der Waals surface area contributed by atoms with E-state index in [1.807, 2.05) is 6.07 Å². The van der Waals surface area contributed by atoms with Crippen LogP contribution in [-0.4, -0.2) is 24.3 Å². The summed E-state index contributed by atoms with van der Waals surface area (Å²) in [6.07, 6.45) is 1.88. The third kappa shape index (κ3) is 2.60. The molecule has 7 heteroatoms. The summed E-state index contributed by atoms with van der Waals surface area (Å²) in [5, 5.41) is 22.7. The largest absolute Gasteiger partial charge is 0.392 e. The summed E-state index contributed by atoms with van der Waals surface area (Å²) in [6.45, 7) is -0.0919. The number of nitrogens with one attached hydrogen (secondary N) is 1. The first kappa shape index (κ1) is 16.5. The Labute approximate surface area is 150 Å². The molecule has 1 aromatic heterocycles. The normalized spacial score (nSPS) is 14.8. The maximum absolute atomic E-state index is 12.3. The zero-order valence-corrected chi connectivity index (χ0v) is 14.5. The van der Waals surface area contributed by atoms with Crippen molar-refractivity contribution >= 4 is 32.1 Å². The van der Waals surface area contributed by atoms with Crippen molar-refractivity contribution in [2.75, 3.05) is 11.1 Å². The zero-order chi connectivity index (χ0) is 18.3. The van der Waals surface area contributed by atoms with E-state index in [9.17, 15) is 18.8 Å². The first-order valence-electron chi connectivity index (χ1n) is 8.08. The van der Waals surface area contributed by atoms with Crippen LogP contribution in [0.2, 0.25) is 0 Å². The van der Waals surface area contributed by atoms with Crippen LogP contribution < -0.4 is 5.32 Å². The van der Waals surface area contributed by atoms with Crippen molar-refractivity contribution in [3.05, 3.63) is 59.3 Å². The van der Waals surface area contributed by atoms with E-state index in [0.29, 0.717) is 44.7 Å². The molecule has 0 saturated carbocycles. The highest BCUT2D eigenvalue weighted by atomic mass is 32.2. The van der Waals surface area contributed by atoms with E-state index >= 15 is 0 Å². The molecule has 26 heavy (non-hydrogen) atoms. The minimum atomic E-state index is -3.29. The quantitative estimate of drug-likeness (QED) is 0.740. The summed E-state index contributed by atoms with van der Waals surface area (Å²) in [5.41, 5.74) is 3.67. The van der Waals surface area contributed by atoms with E-state index in [-0.39, 0.29) is 12.4 Å². The molecule has 0 amide bonds. The number of sulfone groups is 1. The van der Waals surface area contributed by atoms with Gasteiger partial charge in [0, 0.05) is 17.3 Å². The second-order valence-electron chi connectivity index (χ2n) is 6.15. The summed E-state index contributed by atoms with van der Waals surface area (Å²) < 4.78 is 24.5. The lowest BCUT2D eigenvalue weighted by Gasteiger charge is -2.14. The number of fused-ring (bicyclic) bond motifs is 3. The Bertz CT molecular complexity index is 1180. The maximum Gasteiger partial charge on any atom is 0.179 e. The number of aliphatic hydroxyl groups excluding tert-OH is 1. The number of nitrogens with zero attached hydrogens (tertiary/aromatic N) is 2. The molecule has 0 radical (unpaired) electrons. The highest BCUT2D eigenvalue weighted by Crippen LogP contribution is 2.38. The number of hydrogen-bond donors (Lipinski definition) is 2. The smallest absolute Gasteiger partial charge is 0.179 e. The predicted molar refractivity (Wildman–Crippen MR) is 97.9 cm³/mol. The zero-order valence-electron chi connectivity index (χ0n) is 13.7. The molecular formula is C19H15N3O3S. The van der Waals surface area contributed by atoms with E-state index in [4.69, 9.17) is 0 Å². The number of anilines is 2. The Balaban J connectivity index is 1.98. The molecule has 3 aromatic rings. The molecule has 0 saturated heterocycles. The van der Waals surface area contributed by atoms with Crippen molar-refractivity contribution in [2.24, 2.45) is 0 Å². The molecule has 2 heterocycles. The van der Waals surface area contributed by atoms with Gasteiger partial charge < -0.3 is 10.4 Å². The Hall–Kier alpha value is -2.95. The second-order valence-corrected chi connectivity index (χ2v) is 8.22. The molecule has 0 bridgehead atoms. The van der Waals surface area contributed by atoms with Crippen LogP contribution in [0.4, 0.5) is 11.4 Å². The van der Waals surface area contributed by atoms with Crippen LogP contribution in [0.1, 0.15) is 16.7 Å². The average molecular weight is 365 g/mol. The number of hydrogen-bond acceptors (Lipinski definition) is 6. The van der Waals surface area contributed by atoms with Gasteiger partial charge in [-0.3, -0.25) is 4.98 Å². The van der Waals surface area contributed by atoms with E-state index in [1.165, 1.54) is 6.20 Å². The van der Waals surface area contributed by atoms with Crippen LogP contribution in [0.25, 0.3) is 10.9 Å². The highest BCUT2D eigenvalue weighted by Gasteiger charge is 2.29. The van der Waals surface area contributed by atoms with Gasteiger partial charge in [0.05, 0.1) is 34.0 Å². The van der Waals surface area contributed by atoms with Gasteiger partial charge in [0.15, 0.2) is 9.84 Å². The van der Waals surface area contributed by atoms with Crippen LogP contribution in [0.3, 0.4) is 0 Å². The first-order chi connectivity index (χ1) is 12.5. The third-order valence-corrected chi connectivity index (χ3v) is 6.35. The fraction of sp³-hybridized carbons (Fsp3) is 0.158. The van der Waals surface area contributed by atoms with Gasteiger partial charge in [0.1, 0.15) is 6.07 Å². The van der Waals surface area contributed by atoms with Crippen molar-refractivity contribution < 1.29 is 13.5 Å². The lowest BCUT2D eigenvalue weighted by atomic mass is 10.0. The van der Waals surface area contributed by atoms with Gasteiger partial charge in [-0.25, -0.2) is 8.42 Å². The van der Waals surface area contributed by atoms with Crippen molar-refractivity contribution in [1.29, 1.82) is 5.26 Å². The van der Waals surface area contributed by atoms with Gasteiger partial charge in [0.25, 0.3) is 0 Å². The number of pyridine rings is 1. The first-order valence-corrected chi connectivity index (χ1v) is 9.73. The van der Waals surface area contributed by atoms with E-state index in [0.717, 1.165) is 5.56 Å². The topological polar surface area (TPSA) is 103 Å². The van der Waals surface area contributed by atoms with Crippen LogP contribution >= 0.6 is 0 Å². The number of aliphatic hydroxyl groups is 1. The molecule has 2 aromatic carbocycles. The standard InChI is InChI=1S/C19H15N3O3S/c20-9-13-10-21-16-4-5-17-15(6-7-26(17,24)25)18(16)19(13)22-14-3-1-2-12(8-14)11-23/h1-5,8,10,23H,6-7,11H2,(H,21,22). The molecule has 130 valence electrons. The average Bonchev–Trinajstić information content (AvgIpc) is 2.97. The van der Waals surface area contributed by atoms with Gasteiger partial charge in [-0.15, -0.1) is 0 Å². The van der Waals surface area contributed by atoms with Crippen LogP contribution in [0.15, 0.2) is 47.5 Å². The summed E-state index contributed by atoms with van der Waals surface area (Å²) in [6, 6.07) is 12.6. The summed E-state index contributed by atoms with van der Waals surface area (Å²) in [7, 11) is -3.29. The molecule has 6 nitrogen and oxygen atoms in total. The molecule has 0 atom stereocenters. The number of nitriles is 1. The number of benzene rings is 2. The summed E-state index contributed by atoms with van der Waals surface area (Å²) in [5.74, 6) is 0.0671. The Morgan fingerprint density at radius 1 is 1.27 bits per heavy atom. The van der Waals surface area contributed by atoms with Gasteiger partial charge in [-0.2, -0.15) is 5.26 Å². The van der Waals surface area contributed by atoms with E-state index < -0.39 is 9.84 Å². The predicted octanol–water partition coefficient (Wildman–Crippen LogP) is 2.67. The lowest BCUT2D eigenvalue weighted by molar-refractivity contribution is 0.282. The molecule has 0 spiro atoms. The van der Waals surface area contributed by atoms with Crippen molar-refractivity contribution in [3.8, 4) is 6.07 Å². The van der Waals surface area contributed by atoms with Gasteiger partial charge in [0.2, 0.25) is 0 Å². The van der Waals surface area contributed by atoms with Gasteiger partial charge in [-0.05, 0) is 41.8 Å². The minimum Gasteiger partial charge on any atom is -0.392 e. The lowest BCUT2D eigenvalue weighted by Crippen LogP contribution is -2.01. The van der Waals surface area contributed by atoms with Crippen LogP contribution in [0, 0.1) is 11.3 Å². The molecule has 4 rings (SSSR count). The van der Waals surface area contributed by atoms with Gasteiger partial charge >= 0.3 is 0 Å². The summed E-state index contributed by atoms with van der Waals surface area (Å²) >= 11 is 0. The molecule has 0 aliphatic carbocycles. The number of rotatable bonds is 3. The highest BCUT2D eigenvalue weighted by molar-refractivity contribution is 7.91. The molecule has 1 aliphatic rings. The maximum atomic E-state index is 12.3. The molecule has 0 unspecified atom stereocenters. The monoisotopic (exact) mass is 365 g/mol. The summed E-state index contributed by atoms with van der Waals surface area (Å²) in [4.78, 5) is 4.63. The fourth-order valence-corrected chi connectivity index (χ4v) is 4.88. The minimum absolute atomic E-state index is 0.0671. The second kappa shape index (κ2) is 6.09. The van der Waals surface area contributed by atoms with Crippen LogP contribution in [0.5, 0.6) is 0 Å². The fourth-order valence-electron chi connectivity index (χ4n) is 3.33. The van der Waals surface area contributed by atoms with Crippen molar-refractivity contribution in [3.63, 3.8) is 0 Å². The molecular weight excluding hydrogens is 350 g/mol. The van der Waals surface area contributed by atoms with Gasteiger partial charge in [-0.1, -0.05) is 12.1 Å². The van der Waals surface area contributed by atoms with E-state index in [2.05, 4.69) is 16.4 Å². The Morgan fingerprint density at radius 3 is 2.88 bits per heavy atom. The van der Waals surface area contributed by atoms with Crippen LogP contribution in [-0.2, 0) is 22.9 Å². The Kier molecular flexibility index (Phi) is 3.87. The van der Waals surface area contributed by atoms with Crippen molar-refractivity contribution in [2.45, 2.75) is 17.9 Å². The third-order valence-electron chi connectivity index (χ3n) is 4.56. The van der Waals surface area contributed by atoms with E-state index in [1.54, 1.807) is 30.3 Å². The number of aryl methyl sites for hydroxylation is 1. The molecule has 0 fully saturated rings. The number of aromatic nitrogens is 1. The Morgan fingerprint density at radius 2 is 2.12 bits per heavy atom. The molecule has 1 aliphatic heterocycles.